The Morgan fingerprint density at radius 1 is 1.24 bits per heavy atom. The normalized spacial score (nSPS) is 13.9. The topological polar surface area (TPSA) is 59.5 Å². The second-order valence-electron chi connectivity index (χ2n) is 5.37. The van der Waals surface area contributed by atoms with Gasteiger partial charge in [0, 0.05) is 11.9 Å². The van der Waals surface area contributed by atoms with Crippen molar-refractivity contribution in [2.24, 2.45) is 0 Å². The molecule has 0 fully saturated rings. The van der Waals surface area contributed by atoms with Crippen molar-refractivity contribution in [3.05, 3.63) is 39.8 Å². The lowest BCUT2D eigenvalue weighted by Crippen LogP contribution is -2.30. The quantitative estimate of drug-likeness (QED) is 0.768. The van der Waals surface area contributed by atoms with E-state index in [1.165, 1.54) is 30.5 Å². The number of aryl methyl sites for hydroxylation is 2. The Kier molecular flexibility index (Phi) is 5.45. The zero-order valence-electron chi connectivity index (χ0n) is 14.0. The number of ether oxygens (including phenoxy) is 1. The van der Waals surface area contributed by atoms with E-state index >= 15 is 0 Å². The molecule has 2 rings (SSSR count). The maximum Gasteiger partial charge on any atom is 0.573 e. The van der Waals surface area contributed by atoms with Crippen LogP contribution in [0.5, 0.6) is 5.75 Å². The summed E-state index contributed by atoms with van der Waals surface area (Å²) in [5.41, 5.74) is 0.692. The molecule has 0 N–H and O–H groups in total. The molecule has 0 aliphatic heterocycles. The molecule has 0 saturated carbocycles. The molecule has 0 unspecified atom stereocenters. The maximum absolute atomic E-state index is 12.8. The number of hydrogen-bond acceptors (Lipinski definition) is 5. The highest BCUT2D eigenvalue weighted by Crippen LogP contribution is 2.35. The summed E-state index contributed by atoms with van der Waals surface area (Å²) in [6.45, 7) is 5.22. The summed E-state index contributed by atoms with van der Waals surface area (Å²) < 4.78 is 68.2. The van der Waals surface area contributed by atoms with Crippen LogP contribution in [0.2, 0.25) is 0 Å². The number of rotatable bonds is 5. The summed E-state index contributed by atoms with van der Waals surface area (Å²) in [5.74, 6) is -0.758. The summed E-state index contributed by atoms with van der Waals surface area (Å²) in [6, 6.07) is 4.10. The van der Waals surface area contributed by atoms with E-state index in [0.717, 1.165) is 26.3 Å². The van der Waals surface area contributed by atoms with Crippen LogP contribution in [-0.2, 0) is 10.0 Å². The molecule has 0 saturated heterocycles. The molecular formula is C15H17F3N2O3S2. The zero-order chi connectivity index (χ0) is 19.0. The number of sulfonamides is 1. The van der Waals surface area contributed by atoms with E-state index in [2.05, 4.69) is 9.72 Å². The standard InChI is InChI=1S/C15H17F3N2O3S2/c1-9-14(24-11(3)19-9)10(2)20(4)25(21,22)13-8-6-5-7-12(13)23-15(16,17)18/h5-8,10H,1-4H3/t10-/m0/s1. The molecule has 138 valence electrons. The minimum atomic E-state index is -4.98. The van der Waals surface area contributed by atoms with Crippen molar-refractivity contribution in [1.82, 2.24) is 9.29 Å². The van der Waals surface area contributed by atoms with Gasteiger partial charge in [-0.05, 0) is 32.9 Å². The molecule has 25 heavy (non-hydrogen) atoms. The predicted molar refractivity (Wildman–Crippen MR) is 88.1 cm³/mol. The van der Waals surface area contributed by atoms with Gasteiger partial charge in [0.05, 0.1) is 16.7 Å². The molecule has 2 aromatic rings. The molecule has 1 heterocycles. The average Bonchev–Trinajstić information content (AvgIpc) is 2.83. The first kappa shape index (κ1) is 19.7. The van der Waals surface area contributed by atoms with Crippen LogP contribution in [0.25, 0.3) is 0 Å². The minimum absolute atomic E-state index is 0.541. The fourth-order valence-electron chi connectivity index (χ4n) is 2.34. The maximum atomic E-state index is 12.8. The second-order valence-corrected chi connectivity index (χ2v) is 8.58. The van der Waals surface area contributed by atoms with Gasteiger partial charge in [-0.1, -0.05) is 12.1 Å². The first-order chi connectivity index (χ1) is 11.4. The highest BCUT2D eigenvalue weighted by Gasteiger charge is 2.36. The van der Waals surface area contributed by atoms with Gasteiger partial charge in [0.25, 0.3) is 0 Å². The van der Waals surface area contributed by atoms with E-state index in [0.29, 0.717) is 5.69 Å². The Morgan fingerprint density at radius 3 is 2.36 bits per heavy atom. The number of benzene rings is 1. The van der Waals surface area contributed by atoms with Gasteiger partial charge in [-0.15, -0.1) is 24.5 Å². The first-order valence-corrected chi connectivity index (χ1v) is 9.46. The molecule has 1 atom stereocenters. The van der Waals surface area contributed by atoms with Crippen molar-refractivity contribution in [3.63, 3.8) is 0 Å². The summed E-state index contributed by atoms with van der Waals surface area (Å²) in [7, 11) is -2.89. The molecule has 0 radical (unpaired) electrons. The smallest absolute Gasteiger partial charge is 0.404 e. The van der Waals surface area contributed by atoms with Crippen LogP contribution in [0.15, 0.2) is 29.2 Å². The third kappa shape index (κ3) is 4.31. The van der Waals surface area contributed by atoms with Crippen molar-refractivity contribution in [3.8, 4) is 5.75 Å². The zero-order valence-corrected chi connectivity index (χ0v) is 15.6. The predicted octanol–water partition coefficient (Wildman–Crippen LogP) is 4.04. The van der Waals surface area contributed by atoms with E-state index in [4.69, 9.17) is 0 Å². The van der Waals surface area contributed by atoms with Crippen molar-refractivity contribution >= 4 is 21.4 Å². The molecule has 0 amide bonds. The van der Waals surface area contributed by atoms with E-state index in [-0.39, 0.29) is 0 Å². The van der Waals surface area contributed by atoms with Gasteiger partial charge in [-0.2, -0.15) is 4.31 Å². The van der Waals surface area contributed by atoms with Gasteiger partial charge < -0.3 is 4.74 Å². The number of aromatic nitrogens is 1. The van der Waals surface area contributed by atoms with E-state index in [9.17, 15) is 21.6 Å². The van der Waals surface area contributed by atoms with Gasteiger partial charge in [-0.3, -0.25) is 0 Å². The van der Waals surface area contributed by atoms with E-state index in [1.807, 2.05) is 0 Å². The number of halogens is 3. The molecule has 5 nitrogen and oxygen atoms in total. The first-order valence-electron chi connectivity index (χ1n) is 7.20. The van der Waals surface area contributed by atoms with E-state index < -0.39 is 33.1 Å². The lowest BCUT2D eigenvalue weighted by molar-refractivity contribution is -0.275. The Morgan fingerprint density at radius 2 is 1.84 bits per heavy atom. The van der Waals surface area contributed by atoms with Gasteiger partial charge >= 0.3 is 6.36 Å². The lowest BCUT2D eigenvalue weighted by atomic mass is 10.2. The molecule has 1 aromatic heterocycles. The molecule has 10 heteroatoms. The SMILES string of the molecule is Cc1nc(C)c([C@H](C)N(C)S(=O)(=O)c2ccccc2OC(F)(F)F)s1. The Hall–Kier alpha value is -1.65. The number of hydrogen-bond donors (Lipinski definition) is 0. The van der Waals surface area contributed by atoms with Crippen LogP contribution in [0, 0.1) is 13.8 Å². The highest BCUT2D eigenvalue weighted by atomic mass is 32.2. The van der Waals surface area contributed by atoms with Crippen LogP contribution in [0.4, 0.5) is 13.2 Å². The Labute approximate surface area is 148 Å². The van der Waals surface area contributed by atoms with Crippen LogP contribution in [0.1, 0.15) is 28.5 Å². The monoisotopic (exact) mass is 394 g/mol. The minimum Gasteiger partial charge on any atom is -0.404 e. The molecule has 0 bridgehead atoms. The Bertz CT molecular complexity index is 863. The molecule has 0 aliphatic rings. The number of para-hydroxylation sites is 1. The highest BCUT2D eigenvalue weighted by molar-refractivity contribution is 7.89. The van der Waals surface area contributed by atoms with Crippen LogP contribution >= 0.6 is 11.3 Å². The number of alkyl halides is 3. The fraction of sp³-hybridized carbons (Fsp3) is 0.400. The summed E-state index contributed by atoms with van der Waals surface area (Å²) in [6.07, 6.45) is -4.98. The summed E-state index contributed by atoms with van der Waals surface area (Å²) in [4.78, 5) is 4.45. The van der Waals surface area contributed by atoms with Crippen LogP contribution < -0.4 is 4.74 Å². The largest absolute Gasteiger partial charge is 0.573 e. The summed E-state index contributed by atoms with van der Waals surface area (Å²) >= 11 is 1.35. The van der Waals surface area contributed by atoms with Gasteiger partial charge in [0.15, 0.2) is 0 Å². The molecule has 0 spiro atoms. The van der Waals surface area contributed by atoms with Gasteiger partial charge in [0.2, 0.25) is 10.0 Å². The Balaban J connectivity index is 2.43. The van der Waals surface area contributed by atoms with Crippen molar-refractivity contribution < 1.29 is 26.3 Å². The van der Waals surface area contributed by atoms with Gasteiger partial charge in [-0.25, -0.2) is 13.4 Å². The average molecular weight is 394 g/mol. The molecule has 0 aliphatic carbocycles. The number of thiazole rings is 1. The van der Waals surface area contributed by atoms with Crippen LogP contribution in [-0.4, -0.2) is 31.1 Å². The van der Waals surface area contributed by atoms with Crippen molar-refractivity contribution in [2.75, 3.05) is 7.05 Å². The summed E-state index contributed by atoms with van der Waals surface area (Å²) in [5, 5.41) is 0.783. The second kappa shape index (κ2) is 6.93. The molecular weight excluding hydrogens is 377 g/mol. The van der Waals surface area contributed by atoms with Gasteiger partial charge in [0.1, 0.15) is 10.6 Å². The van der Waals surface area contributed by atoms with Crippen molar-refractivity contribution in [2.45, 2.75) is 38.1 Å². The van der Waals surface area contributed by atoms with E-state index in [1.54, 1.807) is 20.8 Å². The third-order valence-corrected chi connectivity index (χ3v) is 6.81. The van der Waals surface area contributed by atoms with Crippen molar-refractivity contribution in [1.29, 1.82) is 0 Å². The lowest BCUT2D eigenvalue weighted by Gasteiger charge is -2.25. The fourth-order valence-corrected chi connectivity index (χ4v) is 4.87. The molecule has 1 aromatic carbocycles. The van der Waals surface area contributed by atoms with Crippen LogP contribution in [0.3, 0.4) is 0 Å². The number of nitrogens with zero attached hydrogens (tertiary/aromatic N) is 2. The third-order valence-electron chi connectivity index (χ3n) is 3.60.